The molecule has 0 radical (unpaired) electrons. The molecule has 4 heteroatoms. The van der Waals surface area contributed by atoms with E-state index >= 15 is 0 Å². The number of hydrogen-bond acceptors (Lipinski definition) is 2. The summed E-state index contributed by atoms with van der Waals surface area (Å²) < 4.78 is 1.88. The van der Waals surface area contributed by atoms with Gasteiger partial charge < -0.3 is 5.32 Å². The molecule has 4 nitrogen and oxygen atoms in total. The number of benzene rings is 1. The van der Waals surface area contributed by atoms with Crippen LogP contribution < -0.4 is 5.32 Å². The van der Waals surface area contributed by atoms with Crippen LogP contribution in [0, 0.1) is 20.8 Å². The number of fused-ring (bicyclic) bond motifs is 1. The topological polar surface area (TPSA) is 46.4 Å². The van der Waals surface area contributed by atoms with Crippen LogP contribution >= 0.6 is 0 Å². The number of pyridine rings is 1. The average Bonchev–Trinajstić information content (AvgIpc) is 2.91. The maximum atomic E-state index is 12.9. The Bertz CT molecular complexity index is 893. The smallest absolute Gasteiger partial charge is 0.274 e. The third kappa shape index (κ3) is 2.72. The van der Waals surface area contributed by atoms with Crippen molar-refractivity contribution in [3.05, 3.63) is 64.6 Å². The number of amides is 1. The van der Waals surface area contributed by atoms with Crippen LogP contribution in [0.4, 0.5) is 5.69 Å². The van der Waals surface area contributed by atoms with Crippen LogP contribution in [0.25, 0.3) is 5.65 Å². The van der Waals surface area contributed by atoms with Gasteiger partial charge in [0.1, 0.15) is 11.3 Å². The lowest BCUT2D eigenvalue weighted by atomic mass is 10.1. The molecule has 3 aromatic rings. The summed E-state index contributed by atoms with van der Waals surface area (Å²) in [6, 6.07) is 10.0. The van der Waals surface area contributed by atoms with E-state index in [0.29, 0.717) is 5.69 Å². The van der Waals surface area contributed by atoms with Gasteiger partial charge in [-0.05, 0) is 56.0 Å². The second-order valence-corrected chi connectivity index (χ2v) is 5.92. The number of aryl methyl sites for hydroxylation is 4. The third-order valence-corrected chi connectivity index (χ3v) is 4.11. The number of carbonyl (C=O) groups is 1. The van der Waals surface area contributed by atoms with Gasteiger partial charge >= 0.3 is 0 Å². The van der Waals surface area contributed by atoms with Gasteiger partial charge in [-0.2, -0.15) is 0 Å². The summed E-state index contributed by atoms with van der Waals surface area (Å²) in [6.45, 7) is 8.04. The molecule has 1 amide bonds. The molecule has 3 rings (SSSR count). The fraction of sp³-hybridized carbons (Fsp3) is 0.263. The number of nitrogens with zero attached hydrogens (tertiary/aromatic N) is 2. The second-order valence-electron chi connectivity index (χ2n) is 5.92. The molecule has 0 saturated carbocycles. The highest BCUT2D eigenvalue weighted by Gasteiger charge is 2.19. The van der Waals surface area contributed by atoms with Crippen molar-refractivity contribution in [1.29, 1.82) is 0 Å². The molecule has 0 atom stereocenters. The van der Waals surface area contributed by atoms with Crippen LogP contribution in [0.2, 0.25) is 0 Å². The van der Waals surface area contributed by atoms with E-state index in [1.165, 1.54) is 0 Å². The molecule has 0 aliphatic carbocycles. The Morgan fingerprint density at radius 2 is 1.96 bits per heavy atom. The Morgan fingerprint density at radius 3 is 2.70 bits per heavy atom. The highest BCUT2D eigenvalue weighted by molar-refractivity contribution is 6.05. The van der Waals surface area contributed by atoms with Crippen LogP contribution in [-0.4, -0.2) is 15.3 Å². The Labute approximate surface area is 136 Å². The number of anilines is 1. The van der Waals surface area contributed by atoms with Gasteiger partial charge in [0.2, 0.25) is 0 Å². The minimum absolute atomic E-state index is 0.117. The van der Waals surface area contributed by atoms with Crippen LogP contribution in [-0.2, 0) is 6.42 Å². The van der Waals surface area contributed by atoms with E-state index in [4.69, 9.17) is 0 Å². The SMILES string of the molecule is CCc1nc2c(C)cccn2c1C(=O)Nc1cc(C)ccc1C. The first kappa shape index (κ1) is 15.3. The zero-order valence-electron chi connectivity index (χ0n) is 14.0. The molecule has 0 aliphatic heterocycles. The standard InChI is InChI=1S/C19H21N3O/c1-5-15-17(22-10-6-7-14(4)18(22)20-15)19(23)21-16-11-12(2)8-9-13(16)3/h6-11H,5H2,1-4H3,(H,21,23). The van der Waals surface area contributed by atoms with Crippen molar-refractivity contribution in [1.82, 2.24) is 9.38 Å². The Hall–Kier alpha value is -2.62. The van der Waals surface area contributed by atoms with Gasteiger partial charge in [0, 0.05) is 11.9 Å². The zero-order valence-corrected chi connectivity index (χ0v) is 14.0. The maximum Gasteiger partial charge on any atom is 0.274 e. The molecule has 0 unspecified atom stereocenters. The van der Waals surface area contributed by atoms with E-state index in [-0.39, 0.29) is 5.91 Å². The van der Waals surface area contributed by atoms with Crippen molar-refractivity contribution in [3.63, 3.8) is 0 Å². The maximum absolute atomic E-state index is 12.9. The normalized spacial score (nSPS) is 11.0. The quantitative estimate of drug-likeness (QED) is 0.792. The summed E-state index contributed by atoms with van der Waals surface area (Å²) >= 11 is 0. The minimum atomic E-state index is -0.117. The Balaban J connectivity index is 2.07. The first-order valence-corrected chi connectivity index (χ1v) is 7.86. The summed E-state index contributed by atoms with van der Waals surface area (Å²) in [4.78, 5) is 17.5. The predicted octanol–water partition coefficient (Wildman–Crippen LogP) is 4.07. The van der Waals surface area contributed by atoms with Crippen molar-refractivity contribution in [2.45, 2.75) is 34.1 Å². The summed E-state index contributed by atoms with van der Waals surface area (Å²) in [6.07, 6.45) is 2.61. The molecule has 1 N–H and O–H groups in total. The molecule has 1 aromatic carbocycles. The molecular formula is C19H21N3O. The highest BCUT2D eigenvalue weighted by atomic mass is 16.2. The fourth-order valence-corrected chi connectivity index (χ4v) is 2.79. The summed E-state index contributed by atoms with van der Waals surface area (Å²) in [5.74, 6) is -0.117. The van der Waals surface area contributed by atoms with Gasteiger partial charge in [-0.3, -0.25) is 9.20 Å². The molecule has 0 bridgehead atoms. The van der Waals surface area contributed by atoms with E-state index in [0.717, 1.165) is 40.1 Å². The number of rotatable bonds is 3. The summed E-state index contributed by atoms with van der Waals surface area (Å²) in [5.41, 5.74) is 6.36. The molecular weight excluding hydrogens is 286 g/mol. The van der Waals surface area contributed by atoms with Crippen molar-refractivity contribution in [2.75, 3.05) is 5.32 Å². The Morgan fingerprint density at radius 1 is 1.17 bits per heavy atom. The van der Waals surface area contributed by atoms with E-state index in [1.807, 2.05) is 68.6 Å². The molecule has 0 spiro atoms. The largest absolute Gasteiger partial charge is 0.320 e. The molecule has 23 heavy (non-hydrogen) atoms. The molecule has 0 fully saturated rings. The predicted molar refractivity (Wildman–Crippen MR) is 93.2 cm³/mol. The fourth-order valence-electron chi connectivity index (χ4n) is 2.79. The molecule has 118 valence electrons. The molecule has 2 heterocycles. The first-order valence-electron chi connectivity index (χ1n) is 7.86. The number of imidazole rings is 1. The van der Waals surface area contributed by atoms with Crippen molar-refractivity contribution >= 4 is 17.2 Å². The zero-order chi connectivity index (χ0) is 16.6. The van der Waals surface area contributed by atoms with Gasteiger partial charge in [0.25, 0.3) is 5.91 Å². The summed E-state index contributed by atoms with van der Waals surface area (Å²) in [7, 11) is 0. The number of hydrogen-bond donors (Lipinski definition) is 1. The lowest BCUT2D eigenvalue weighted by molar-refractivity contribution is 0.102. The van der Waals surface area contributed by atoms with Gasteiger partial charge in [-0.15, -0.1) is 0 Å². The minimum Gasteiger partial charge on any atom is -0.320 e. The van der Waals surface area contributed by atoms with Crippen molar-refractivity contribution in [3.8, 4) is 0 Å². The number of nitrogens with one attached hydrogen (secondary N) is 1. The van der Waals surface area contributed by atoms with Gasteiger partial charge in [-0.1, -0.05) is 25.1 Å². The molecule has 2 aromatic heterocycles. The Kier molecular flexibility index (Phi) is 3.90. The van der Waals surface area contributed by atoms with Gasteiger partial charge in [0.15, 0.2) is 0 Å². The highest BCUT2D eigenvalue weighted by Crippen LogP contribution is 2.21. The summed E-state index contributed by atoms with van der Waals surface area (Å²) in [5, 5.41) is 3.04. The molecule has 0 aliphatic rings. The average molecular weight is 307 g/mol. The second kappa shape index (κ2) is 5.88. The first-order chi connectivity index (χ1) is 11.0. The van der Waals surface area contributed by atoms with Gasteiger partial charge in [0.05, 0.1) is 5.69 Å². The van der Waals surface area contributed by atoms with E-state index in [9.17, 15) is 4.79 Å². The number of aromatic nitrogens is 2. The van der Waals surface area contributed by atoms with E-state index < -0.39 is 0 Å². The van der Waals surface area contributed by atoms with Crippen molar-refractivity contribution < 1.29 is 4.79 Å². The number of carbonyl (C=O) groups excluding carboxylic acids is 1. The lowest BCUT2D eigenvalue weighted by Crippen LogP contribution is -2.17. The van der Waals surface area contributed by atoms with Crippen LogP contribution in [0.5, 0.6) is 0 Å². The lowest BCUT2D eigenvalue weighted by Gasteiger charge is -2.10. The van der Waals surface area contributed by atoms with Crippen LogP contribution in [0.3, 0.4) is 0 Å². The van der Waals surface area contributed by atoms with Crippen LogP contribution in [0.1, 0.15) is 39.8 Å². The molecule has 0 saturated heterocycles. The van der Waals surface area contributed by atoms with E-state index in [2.05, 4.69) is 10.3 Å². The van der Waals surface area contributed by atoms with Gasteiger partial charge in [-0.25, -0.2) is 4.98 Å². The van der Waals surface area contributed by atoms with E-state index in [1.54, 1.807) is 0 Å². The van der Waals surface area contributed by atoms with Crippen molar-refractivity contribution in [2.24, 2.45) is 0 Å². The monoisotopic (exact) mass is 307 g/mol. The van der Waals surface area contributed by atoms with Crippen LogP contribution in [0.15, 0.2) is 36.5 Å². The third-order valence-electron chi connectivity index (χ3n) is 4.11.